The number of hydrogen-bond donors (Lipinski definition) is 1. The predicted octanol–water partition coefficient (Wildman–Crippen LogP) is 1.98. The molecule has 5 nitrogen and oxygen atoms in total. The Morgan fingerprint density at radius 2 is 1.83 bits per heavy atom. The molecule has 0 saturated carbocycles. The van der Waals surface area contributed by atoms with Crippen LogP contribution < -0.4 is 5.43 Å². The van der Waals surface area contributed by atoms with Gasteiger partial charge in [0.1, 0.15) is 5.60 Å². The van der Waals surface area contributed by atoms with Crippen LogP contribution in [0.25, 0.3) is 0 Å². The number of fused-ring (bicyclic) bond motifs is 3. The van der Waals surface area contributed by atoms with Crippen molar-refractivity contribution in [2.24, 2.45) is 10.5 Å². The van der Waals surface area contributed by atoms with E-state index in [1.165, 1.54) is 0 Å². The van der Waals surface area contributed by atoms with Crippen molar-refractivity contribution in [1.29, 1.82) is 0 Å². The zero-order chi connectivity index (χ0) is 13.2. The SMILES string of the molecule is CC(C)(C)OC(=O)N/N=C/C12CCN(CC1)CC2. The molecule has 2 bridgehead atoms. The largest absolute Gasteiger partial charge is 0.443 e. The van der Waals surface area contributed by atoms with Gasteiger partial charge in [-0.15, -0.1) is 0 Å². The molecule has 0 unspecified atom stereocenters. The third-order valence-corrected chi connectivity index (χ3v) is 3.67. The first-order chi connectivity index (χ1) is 8.39. The Hall–Kier alpha value is -1.10. The predicted molar refractivity (Wildman–Crippen MR) is 70.6 cm³/mol. The van der Waals surface area contributed by atoms with Crippen molar-refractivity contribution < 1.29 is 9.53 Å². The van der Waals surface area contributed by atoms with E-state index in [0.29, 0.717) is 0 Å². The molecule has 3 saturated heterocycles. The van der Waals surface area contributed by atoms with E-state index < -0.39 is 11.7 Å². The third-order valence-electron chi connectivity index (χ3n) is 3.67. The van der Waals surface area contributed by atoms with E-state index in [1.807, 2.05) is 27.0 Å². The lowest BCUT2D eigenvalue weighted by Gasteiger charge is -2.46. The highest BCUT2D eigenvalue weighted by Gasteiger charge is 2.38. The maximum atomic E-state index is 11.4. The van der Waals surface area contributed by atoms with E-state index in [0.717, 1.165) is 38.9 Å². The van der Waals surface area contributed by atoms with Gasteiger partial charge in [0.05, 0.1) is 0 Å². The molecule has 0 aliphatic carbocycles. The molecule has 3 fully saturated rings. The van der Waals surface area contributed by atoms with E-state index in [2.05, 4.69) is 15.4 Å². The number of hydrogen-bond acceptors (Lipinski definition) is 4. The summed E-state index contributed by atoms with van der Waals surface area (Å²) in [4.78, 5) is 13.9. The van der Waals surface area contributed by atoms with Crippen LogP contribution in [0.3, 0.4) is 0 Å². The van der Waals surface area contributed by atoms with Crippen LogP contribution in [-0.2, 0) is 4.74 Å². The molecule has 0 aromatic heterocycles. The number of nitrogens with one attached hydrogen (secondary N) is 1. The maximum absolute atomic E-state index is 11.4. The van der Waals surface area contributed by atoms with Crippen LogP contribution in [0.4, 0.5) is 4.79 Å². The Morgan fingerprint density at radius 3 is 2.33 bits per heavy atom. The van der Waals surface area contributed by atoms with Crippen LogP contribution in [0, 0.1) is 5.41 Å². The van der Waals surface area contributed by atoms with Gasteiger partial charge in [-0.05, 0) is 59.7 Å². The number of ether oxygens (including phenoxy) is 1. The highest BCUT2D eigenvalue weighted by atomic mass is 16.6. The molecular weight excluding hydrogens is 230 g/mol. The van der Waals surface area contributed by atoms with Crippen molar-refractivity contribution in [1.82, 2.24) is 10.3 Å². The average molecular weight is 253 g/mol. The molecule has 1 N–H and O–H groups in total. The Bertz CT molecular complexity index is 325. The molecule has 0 aromatic rings. The van der Waals surface area contributed by atoms with Crippen molar-refractivity contribution in [2.75, 3.05) is 19.6 Å². The minimum atomic E-state index is -0.483. The van der Waals surface area contributed by atoms with Gasteiger partial charge >= 0.3 is 6.09 Å². The third kappa shape index (κ3) is 3.45. The zero-order valence-electron chi connectivity index (χ0n) is 11.5. The average Bonchev–Trinajstić information content (AvgIpc) is 2.28. The summed E-state index contributed by atoms with van der Waals surface area (Å²) in [7, 11) is 0. The van der Waals surface area contributed by atoms with Crippen LogP contribution >= 0.6 is 0 Å². The first-order valence-electron chi connectivity index (χ1n) is 6.64. The van der Waals surface area contributed by atoms with E-state index in [4.69, 9.17) is 4.74 Å². The number of rotatable bonds is 2. The summed E-state index contributed by atoms with van der Waals surface area (Å²) in [5, 5.41) is 4.08. The molecule has 3 rings (SSSR count). The monoisotopic (exact) mass is 253 g/mol. The second kappa shape index (κ2) is 4.88. The lowest BCUT2D eigenvalue weighted by Crippen LogP contribution is -2.49. The van der Waals surface area contributed by atoms with E-state index in [-0.39, 0.29) is 5.41 Å². The highest BCUT2D eigenvalue weighted by Crippen LogP contribution is 2.38. The summed E-state index contributed by atoms with van der Waals surface area (Å²) >= 11 is 0. The van der Waals surface area contributed by atoms with Gasteiger partial charge in [-0.25, -0.2) is 10.2 Å². The van der Waals surface area contributed by atoms with Gasteiger partial charge in [-0.1, -0.05) is 0 Å². The van der Waals surface area contributed by atoms with Crippen LogP contribution in [-0.4, -0.2) is 42.4 Å². The molecular formula is C13H23N3O2. The van der Waals surface area contributed by atoms with Crippen molar-refractivity contribution in [3.8, 4) is 0 Å². The molecule has 3 aliphatic rings. The summed E-state index contributed by atoms with van der Waals surface area (Å²) in [5.41, 5.74) is 2.18. The minimum Gasteiger partial charge on any atom is -0.443 e. The second-order valence-corrected chi connectivity index (χ2v) is 6.33. The fourth-order valence-electron chi connectivity index (χ4n) is 2.57. The van der Waals surface area contributed by atoms with Gasteiger partial charge in [-0.2, -0.15) is 5.10 Å². The minimum absolute atomic E-state index is 0.198. The van der Waals surface area contributed by atoms with Gasteiger partial charge in [0.15, 0.2) is 0 Å². The molecule has 0 radical (unpaired) electrons. The van der Waals surface area contributed by atoms with Crippen LogP contribution in [0.1, 0.15) is 40.0 Å². The van der Waals surface area contributed by atoms with Crippen LogP contribution in [0.15, 0.2) is 5.10 Å². The molecule has 102 valence electrons. The summed E-state index contributed by atoms with van der Waals surface area (Å²) in [6.45, 7) is 8.97. The molecule has 3 aliphatic heterocycles. The topological polar surface area (TPSA) is 53.9 Å². The standard InChI is InChI=1S/C13H23N3O2/c1-12(2,3)18-11(17)15-14-10-13-4-7-16(8-5-13)9-6-13/h10H,4-9H2,1-3H3,(H,15,17)/b14-10+. The summed E-state index contributed by atoms with van der Waals surface area (Å²) in [6.07, 6.45) is 4.88. The number of piperidine rings is 3. The highest BCUT2D eigenvalue weighted by molar-refractivity contribution is 5.71. The van der Waals surface area contributed by atoms with Crippen LogP contribution in [0.2, 0.25) is 0 Å². The molecule has 18 heavy (non-hydrogen) atoms. The summed E-state index contributed by atoms with van der Waals surface area (Å²) in [5.74, 6) is 0. The van der Waals surface area contributed by atoms with Crippen molar-refractivity contribution >= 4 is 12.3 Å². The summed E-state index contributed by atoms with van der Waals surface area (Å²) in [6, 6.07) is 0. The molecule has 1 amide bonds. The van der Waals surface area contributed by atoms with Gasteiger partial charge in [0.25, 0.3) is 0 Å². The number of amides is 1. The van der Waals surface area contributed by atoms with Crippen molar-refractivity contribution in [2.45, 2.75) is 45.6 Å². The Labute approximate surface area is 109 Å². The molecule has 5 heteroatoms. The van der Waals surface area contributed by atoms with Crippen molar-refractivity contribution in [3.63, 3.8) is 0 Å². The first kappa shape index (κ1) is 13.3. The van der Waals surface area contributed by atoms with Crippen molar-refractivity contribution in [3.05, 3.63) is 0 Å². The number of carbonyl (C=O) groups excluding carboxylic acids is 1. The Balaban J connectivity index is 1.82. The molecule has 0 spiro atoms. The first-order valence-corrected chi connectivity index (χ1v) is 6.64. The maximum Gasteiger partial charge on any atom is 0.428 e. The quantitative estimate of drug-likeness (QED) is 0.605. The molecule has 3 heterocycles. The molecule has 0 atom stereocenters. The lowest BCUT2D eigenvalue weighted by molar-refractivity contribution is 0.0525. The van der Waals surface area contributed by atoms with Gasteiger partial charge in [0.2, 0.25) is 0 Å². The Kier molecular flexibility index (Phi) is 3.61. The fraction of sp³-hybridized carbons (Fsp3) is 0.846. The van der Waals surface area contributed by atoms with Gasteiger partial charge in [0, 0.05) is 11.6 Å². The fourth-order valence-corrected chi connectivity index (χ4v) is 2.57. The second-order valence-electron chi connectivity index (χ2n) is 6.33. The number of hydrazone groups is 1. The van der Waals surface area contributed by atoms with E-state index >= 15 is 0 Å². The normalized spacial score (nSPS) is 31.6. The van der Waals surface area contributed by atoms with E-state index in [9.17, 15) is 4.79 Å². The number of nitrogens with zero attached hydrogens (tertiary/aromatic N) is 2. The lowest BCUT2D eigenvalue weighted by atomic mass is 9.73. The van der Waals surface area contributed by atoms with Gasteiger partial charge < -0.3 is 9.64 Å². The van der Waals surface area contributed by atoms with Gasteiger partial charge in [-0.3, -0.25) is 0 Å². The van der Waals surface area contributed by atoms with Crippen LogP contribution in [0.5, 0.6) is 0 Å². The zero-order valence-corrected chi connectivity index (χ0v) is 11.5. The summed E-state index contributed by atoms with van der Waals surface area (Å²) < 4.78 is 5.13. The number of carbonyl (C=O) groups is 1. The molecule has 0 aromatic carbocycles. The Morgan fingerprint density at radius 1 is 1.28 bits per heavy atom. The smallest absolute Gasteiger partial charge is 0.428 e. The van der Waals surface area contributed by atoms with E-state index in [1.54, 1.807) is 0 Å².